The molecule has 1 amide bonds. The molecule has 5 heteroatoms. The van der Waals surface area contributed by atoms with E-state index in [9.17, 15) is 9.18 Å². The van der Waals surface area contributed by atoms with Crippen molar-refractivity contribution in [3.63, 3.8) is 0 Å². The lowest BCUT2D eigenvalue weighted by molar-refractivity contribution is 0.102. The molecule has 0 fully saturated rings. The Labute approximate surface area is 147 Å². The maximum absolute atomic E-state index is 13.6. The van der Waals surface area contributed by atoms with Gasteiger partial charge in [-0.1, -0.05) is 23.8 Å². The molecule has 4 nitrogen and oxygen atoms in total. The highest BCUT2D eigenvalue weighted by atomic mass is 19.1. The second kappa shape index (κ2) is 8.42. The summed E-state index contributed by atoms with van der Waals surface area (Å²) in [6.07, 6.45) is 9.95. The van der Waals surface area contributed by atoms with Gasteiger partial charge in [0.05, 0.1) is 17.4 Å². The van der Waals surface area contributed by atoms with Gasteiger partial charge in [-0.2, -0.15) is 0 Å². The number of halogens is 1. The van der Waals surface area contributed by atoms with E-state index in [4.69, 9.17) is 0 Å². The zero-order valence-corrected chi connectivity index (χ0v) is 14.1. The van der Waals surface area contributed by atoms with Gasteiger partial charge >= 0.3 is 0 Å². The highest BCUT2D eigenvalue weighted by molar-refractivity contribution is 6.04. The van der Waals surface area contributed by atoms with Crippen molar-refractivity contribution in [3.05, 3.63) is 65.6 Å². The quantitative estimate of drug-likeness (QED) is 0.745. The van der Waals surface area contributed by atoms with Crippen LogP contribution in [0.2, 0.25) is 0 Å². The Hall–Kier alpha value is -2.69. The van der Waals surface area contributed by atoms with Crippen LogP contribution in [0.3, 0.4) is 0 Å². The van der Waals surface area contributed by atoms with Gasteiger partial charge in [-0.3, -0.25) is 4.79 Å². The molecule has 0 bridgehead atoms. The molecule has 0 spiro atoms. The number of pyridine rings is 1. The van der Waals surface area contributed by atoms with Crippen LogP contribution in [0.15, 0.2) is 54.2 Å². The van der Waals surface area contributed by atoms with Crippen LogP contribution in [-0.2, 0) is 0 Å². The maximum Gasteiger partial charge on any atom is 0.258 e. The van der Waals surface area contributed by atoms with Crippen molar-refractivity contribution in [1.82, 2.24) is 4.98 Å². The van der Waals surface area contributed by atoms with E-state index in [1.165, 1.54) is 43.4 Å². The lowest BCUT2D eigenvalue weighted by Gasteiger charge is -2.13. The van der Waals surface area contributed by atoms with Gasteiger partial charge < -0.3 is 10.6 Å². The molecule has 1 heterocycles. The highest BCUT2D eigenvalue weighted by Crippen LogP contribution is 2.20. The minimum absolute atomic E-state index is 0.0189. The predicted octanol–water partition coefficient (Wildman–Crippen LogP) is 4.78. The summed E-state index contributed by atoms with van der Waals surface area (Å²) >= 11 is 0. The molecule has 0 saturated heterocycles. The third-order valence-electron chi connectivity index (χ3n) is 4.28. The first-order valence-corrected chi connectivity index (χ1v) is 8.66. The molecule has 2 N–H and O–H groups in total. The highest BCUT2D eigenvalue weighted by Gasteiger charge is 2.11. The summed E-state index contributed by atoms with van der Waals surface area (Å²) in [6.45, 7) is 0.847. The summed E-state index contributed by atoms with van der Waals surface area (Å²) in [5.74, 6) is -0.256. The Morgan fingerprint density at radius 3 is 2.76 bits per heavy atom. The van der Waals surface area contributed by atoms with E-state index in [1.54, 1.807) is 24.4 Å². The van der Waals surface area contributed by atoms with E-state index in [0.29, 0.717) is 5.69 Å². The first kappa shape index (κ1) is 17.1. The first-order valence-electron chi connectivity index (χ1n) is 8.66. The number of hydrogen-bond acceptors (Lipinski definition) is 3. The fraction of sp³-hybridized carbons (Fsp3) is 0.300. The fourth-order valence-electron chi connectivity index (χ4n) is 2.90. The van der Waals surface area contributed by atoms with Crippen molar-refractivity contribution in [2.45, 2.75) is 32.1 Å². The van der Waals surface area contributed by atoms with Crippen molar-refractivity contribution in [2.24, 2.45) is 0 Å². The van der Waals surface area contributed by atoms with Crippen LogP contribution in [0, 0.1) is 5.82 Å². The van der Waals surface area contributed by atoms with Gasteiger partial charge in [-0.05, 0) is 56.4 Å². The smallest absolute Gasteiger partial charge is 0.258 e. The lowest BCUT2D eigenvalue weighted by atomic mass is 9.97. The number of carbonyl (C=O) groups excluding carboxylic acids is 1. The molecule has 2 aromatic rings. The minimum atomic E-state index is -0.539. The van der Waals surface area contributed by atoms with Crippen LogP contribution in [-0.4, -0.2) is 17.4 Å². The molecule has 130 valence electrons. The molecule has 1 aromatic carbocycles. The average molecular weight is 339 g/mol. The van der Waals surface area contributed by atoms with Gasteiger partial charge in [-0.15, -0.1) is 0 Å². The number of amides is 1. The van der Waals surface area contributed by atoms with Crippen LogP contribution >= 0.6 is 0 Å². The fourth-order valence-corrected chi connectivity index (χ4v) is 2.90. The molecular weight excluding hydrogens is 317 g/mol. The molecule has 0 saturated carbocycles. The van der Waals surface area contributed by atoms with Crippen molar-refractivity contribution in [3.8, 4) is 0 Å². The number of allylic oxidation sites excluding steroid dienone is 1. The van der Waals surface area contributed by atoms with Crippen molar-refractivity contribution in [2.75, 3.05) is 17.2 Å². The number of rotatable bonds is 6. The Kier molecular flexibility index (Phi) is 5.77. The number of anilines is 2. The van der Waals surface area contributed by atoms with Crippen LogP contribution in [0.25, 0.3) is 0 Å². The zero-order valence-electron chi connectivity index (χ0n) is 14.1. The molecule has 0 unspecified atom stereocenters. The van der Waals surface area contributed by atoms with E-state index in [-0.39, 0.29) is 5.56 Å². The molecule has 1 aromatic heterocycles. The third-order valence-corrected chi connectivity index (χ3v) is 4.28. The lowest BCUT2D eigenvalue weighted by Crippen LogP contribution is -2.14. The average Bonchev–Trinajstić information content (AvgIpc) is 2.64. The SMILES string of the molecule is O=C(Nc1ccc(NCCC2=CCCCC2)nc1)c1ccccc1F. The first-order chi connectivity index (χ1) is 12.2. The molecule has 3 rings (SSSR count). The molecule has 0 radical (unpaired) electrons. The summed E-state index contributed by atoms with van der Waals surface area (Å²) in [5.41, 5.74) is 2.08. The second-order valence-corrected chi connectivity index (χ2v) is 6.15. The summed E-state index contributed by atoms with van der Waals surface area (Å²) < 4.78 is 13.6. The second-order valence-electron chi connectivity index (χ2n) is 6.15. The maximum atomic E-state index is 13.6. The summed E-state index contributed by atoms with van der Waals surface area (Å²) in [4.78, 5) is 16.4. The van der Waals surface area contributed by atoms with Crippen LogP contribution < -0.4 is 10.6 Å². The molecule has 0 atom stereocenters. The van der Waals surface area contributed by atoms with Gasteiger partial charge in [0.15, 0.2) is 0 Å². The number of nitrogens with one attached hydrogen (secondary N) is 2. The van der Waals surface area contributed by atoms with Gasteiger partial charge in [0, 0.05) is 6.54 Å². The van der Waals surface area contributed by atoms with Crippen LogP contribution in [0.1, 0.15) is 42.5 Å². The van der Waals surface area contributed by atoms with E-state index in [1.807, 2.05) is 6.07 Å². The Morgan fingerprint density at radius 1 is 1.16 bits per heavy atom. The number of benzene rings is 1. The largest absolute Gasteiger partial charge is 0.370 e. The van der Waals surface area contributed by atoms with E-state index in [2.05, 4.69) is 21.7 Å². The molecule has 1 aliphatic carbocycles. The van der Waals surface area contributed by atoms with Crippen LogP contribution in [0.5, 0.6) is 0 Å². The standard InChI is InChI=1S/C20H22FN3O/c21-18-9-5-4-8-17(18)20(25)24-16-10-11-19(23-14-16)22-13-12-15-6-2-1-3-7-15/h4-6,8-11,14H,1-3,7,12-13H2,(H,22,23)(H,24,25). The molecular formula is C20H22FN3O. The van der Waals surface area contributed by atoms with Gasteiger partial charge in [0.25, 0.3) is 5.91 Å². The normalized spacial score (nSPS) is 13.9. The van der Waals surface area contributed by atoms with Crippen LogP contribution in [0.4, 0.5) is 15.9 Å². The van der Waals surface area contributed by atoms with E-state index in [0.717, 1.165) is 18.8 Å². The van der Waals surface area contributed by atoms with Crippen molar-refractivity contribution >= 4 is 17.4 Å². The Bertz CT molecular complexity index is 756. The van der Waals surface area contributed by atoms with Gasteiger partial charge in [0.1, 0.15) is 11.6 Å². The Morgan fingerprint density at radius 2 is 2.04 bits per heavy atom. The van der Waals surface area contributed by atoms with Crippen molar-refractivity contribution in [1.29, 1.82) is 0 Å². The topological polar surface area (TPSA) is 54.0 Å². The van der Waals surface area contributed by atoms with E-state index >= 15 is 0 Å². The van der Waals surface area contributed by atoms with Crippen molar-refractivity contribution < 1.29 is 9.18 Å². The number of hydrogen-bond donors (Lipinski definition) is 2. The van der Waals surface area contributed by atoms with Gasteiger partial charge in [-0.25, -0.2) is 9.37 Å². The predicted molar refractivity (Wildman–Crippen MR) is 98.2 cm³/mol. The molecule has 1 aliphatic rings. The Balaban J connectivity index is 1.51. The molecule has 0 aliphatic heterocycles. The molecule has 25 heavy (non-hydrogen) atoms. The summed E-state index contributed by atoms with van der Waals surface area (Å²) in [7, 11) is 0. The number of aromatic nitrogens is 1. The van der Waals surface area contributed by atoms with Gasteiger partial charge in [0.2, 0.25) is 0 Å². The zero-order chi connectivity index (χ0) is 17.5. The summed E-state index contributed by atoms with van der Waals surface area (Å²) in [5, 5.41) is 5.94. The van der Waals surface area contributed by atoms with E-state index < -0.39 is 11.7 Å². The third kappa shape index (κ3) is 4.89. The summed E-state index contributed by atoms with van der Waals surface area (Å²) in [6, 6.07) is 9.47. The minimum Gasteiger partial charge on any atom is -0.370 e. The number of nitrogens with zero attached hydrogens (tertiary/aromatic N) is 1. The number of carbonyl (C=O) groups is 1. The monoisotopic (exact) mass is 339 g/mol.